The zero-order valence-corrected chi connectivity index (χ0v) is 31.8. The lowest BCUT2D eigenvalue weighted by Gasteiger charge is -2.35. The standard InChI is InChI=1S/C35H26N4O13S4/c1-17-25-7-9-29(53(43,44)38(25)27-13-21-11-23(40)5-3-19(21)15-31(27)55(47,48)49)33(17)36-35(42)37-34-18(2)26-8-10-30(34)54(45,46)39(26)28-14-22-12-24(41)6-4-20(22)16-32(28)56(50,51)52/h3-16,40-41H,1-2H3,(H2,36,37,42)(H,47,48,49)(H,50,51,52). The molecule has 0 fully saturated rings. The Labute approximate surface area is 318 Å². The van der Waals surface area contributed by atoms with Crippen molar-refractivity contribution in [3.05, 3.63) is 96.1 Å². The molecule has 56 heavy (non-hydrogen) atoms. The Morgan fingerprint density at radius 1 is 0.536 bits per heavy atom. The fraction of sp³-hybridized carbons (Fsp3) is 0.0571. The van der Waals surface area contributed by atoms with Crippen LogP contribution in [0.1, 0.15) is 11.1 Å². The smallest absolute Gasteiger partial charge is 0.323 e. The maximum atomic E-state index is 14.1. The van der Waals surface area contributed by atoms with Gasteiger partial charge in [0.05, 0.1) is 34.1 Å². The SMILES string of the molecule is Cc1c2ccc(c1NC(=O)Nc1c3ccc(c1C)N(c1cc4cc(O)ccc4cc1S(=O)(=O)O)S3(=O)=O)S(=O)(=O)N2c1cc2cc(O)ccc2cc1S(=O)(=O)O. The van der Waals surface area contributed by atoms with Gasteiger partial charge in [0.25, 0.3) is 40.3 Å². The number of carbonyl (C=O) groups excluding carboxylic acids is 1. The monoisotopic (exact) mass is 838 g/mol. The Balaban J connectivity index is 1.18. The van der Waals surface area contributed by atoms with Crippen molar-refractivity contribution in [3.63, 3.8) is 0 Å². The second kappa shape index (κ2) is 12.0. The van der Waals surface area contributed by atoms with Gasteiger partial charge in [-0.15, -0.1) is 0 Å². The number of hydrogen-bond acceptors (Lipinski definition) is 11. The van der Waals surface area contributed by atoms with Crippen molar-refractivity contribution in [1.29, 1.82) is 0 Å². The maximum Gasteiger partial charge on any atom is 0.323 e. The molecular formula is C35H26N4O13S4. The van der Waals surface area contributed by atoms with Gasteiger partial charge in [0.15, 0.2) is 0 Å². The van der Waals surface area contributed by atoms with E-state index in [9.17, 15) is 57.8 Å². The highest BCUT2D eigenvalue weighted by Gasteiger charge is 2.42. The average molecular weight is 839 g/mol. The zero-order chi connectivity index (χ0) is 40.4. The topological polar surface area (TPSA) is 265 Å². The molecule has 0 unspecified atom stereocenters. The Kier molecular flexibility index (Phi) is 7.93. The summed E-state index contributed by atoms with van der Waals surface area (Å²) < 4.78 is 128. The van der Waals surface area contributed by atoms with Gasteiger partial charge >= 0.3 is 6.03 Å². The molecule has 4 bridgehead atoms. The van der Waals surface area contributed by atoms with Gasteiger partial charge in [-0.05, 0) is 119 Å². The molecule has 288 valence electrons. The number of rotatable bonds is 6. The fourth-order valence-corrected chi connectivity index (χ4v) is 12.0. The van der Waals surface area contributed by atoms with Crippen molar-refractivity contribution in [2.75, 3.05) is 19.2 Å². The van der Waals surface area contributed by atoms with Crippen molar-refractivity contribution in [1.82, 2.24) is 0 Å². The van der Waals surface area contributed by atoms with Gasteiger partial charge in [-0.25, -0.2) is 30.2 Å². The molecule has 10 rings (SSSR count). The quantitative estimate of drug-likeness (QED) is 0.108. The third-order valence-corrected chi connectivity index (χ3v) is 14.9. The minimum absolute atomic E-state index is 0.101. The first-order valence-electron chi connectivity index (χ1n) is 16.0. The highest BCUT2D eigenvalue weighted by molar-refractivity contribution is 7.94. The number of fused-ring (bicyclic) bond motifs is 8. The summed E-state index contributed by atoms with van der Waals surface area (Å²) in [6.07, 6.45) is 0. The fourth-order valence-electron chi connectivity index (χ4n) is 7.00. The normalized spacial score (nSPS) is 15.4. The molecule has 0 atom stereocenters. The van der Waals surface area contributed by atoms with Crippen LogP contribution in [0.2, 0.25) is 0 Å². The van der Waals surface area contributed by atoms with E-state index in [2.05, 4.69) is 10.6 Å². The molecule has 0 saturated heterocycles. The first-order valence-corrected chi connectivity index (χ1v) is 21.8. The highest BCUT2D eigenvalue weighted by Crippen LogP contribution is 2.50. The summed E-state index contributed by atoms with van der Waals surface area (Å²) in [7, 11) is -19.4. The molecular weight excluding hydrogens is 813 g/mol. The predicted molar refractivity (Wildman–Crippen MR) is 205 cm³/mol. The third-order valence-electron chi connectivity index (χ3n) is 9.54. The molecule has 21 heteroatoms. The number of phenolic OH excluding ortho intramolecular Hbond substituents is 2. The summed E-state index contributed by atoms with van der Waals surface area (Å²) in [6, 6.07) is 16.3. The maximum absolute atomic E-state index is 14.1. The molecule has 6 N–H and O–H groups in total. The summed E-state index contributed by atoms with van der Waals surface area (Å²) in [6.45, 7) is 2.88. The zero-order valence-electron chi connectivity index (χ0n) is 28.6. The van der Waals surface area contributed by atoms with Gasteiger partial charge in [0.1, 0.15) is 31.1 Å². The van der Waals surface area contributed by atoms with Crippen LogP contribution < -0.4 is 19.2 Å². The summed E-state index contributed by atoms with van der Waals surface area (Å²) in [4.78, 5) is 11.2. The second-order valence-corrected chi connectivity index (χ2v) is 19.2. The second-order valence-electron chi connectivity index (χ2n) is 12.9. The van der Waals surface area contributed by atoms with Gasteiger partial charge in [-0.3, -0.25) is 9.11 Å². The van der Waals surface area contributed by atoms with Crippen LogP contribution in [0.3, 0.4) is 0 Å². The molecule has 6 aromatic carbocycles. The molecule has 0 saturated carbocycles. The van der Waals surface area contributed by atoms with Crippen LogP contribution in [0.5, 0.6) is 11.5 Å². The molecule has 0 aliphatic carbocycles. The van der Waals surface area contributed by atoms with Crippen molar-refractivity contribution in [3.8, 4) is 11.5 Å². The number of benzene rings is 6. The first kappa shape index (κ1) is 37.0. The predicted octanol–water partition coefficient (Wildman–Crippen LogP) is 5.84. The van der Waals surface area contributed by atoms with Gasteiger partial charge in [0.2, 0.25) is 0 Å². The highest BCUT2D eigenvalue weighted by atomic mass is 32.2. The van der Waals surface area contributed by atoms with E-state index in [1.165, 1.54) is 86.6 Å². The Hall–Kier alpha value is -5.97. The van der Waals surface area contributed by atoms with Crippen molar-refractivity contribution < 1.29 is 57.8 Å². The van der Waals surface area contributed by atoms with Crippen LogP contribution >= 0.6 is 0 Å². The molecule has 4 aliphatic rings. The number of urea groups is 1. The van der Waals surface area contributed by atoms with Crippen molar-refractivity contribution in [2.24, 2.45) is 0 Å². The van der Waals surface area contributed by atoms with Gasteiger partial charge < -0.3 is 20.8 Å². The molecule has 0 radical (unpaired) electrons. The van der Waals surface area contributed by atoms with Crippen LogP contribution in [0.25, 0.3) is 21.5 Å². The van der Waals surface area contributed by atoms with E-state index < -0.39 is 77.3 Å². The molecule has 4 aliphatic heterocycles. The Bertz CT molecular complexity index is 3050. The Morgan fingerprint density at radius 3 is 1.27 bits per heavy atom. The number of sulfonamides is 2. The number of carbonyl (C=O) groups is 1. The summed E-state index contributed by atoms with van der Waals surface area (Å²) in [5.41, 5.74) is -1.29. The number of phenols is 2. The van der Waals surface area contributed by atoms with E-state index in [4.69, 9.17) is 0 Å². The number of nitrogens with one attached hydrogen (secondary N) is 2. The van der Waals surface area contributed by atoms with E-state index in [1.54, 1.807) is 0 Å². The molecule has 0 spiro atoms. The Morgan fingerprint density at radius 2 is 0.911 bits per heavy atom. The molecule has 17 nitrogen and oxygen atoms in total. The van der Waals surface area contributed by atoms with Crippen LogP contribution in [0, 0.1) is 13.8 Å². The minimum atomic E-state index is -5.01. The number of nitrogens with zero attached hydrogens (tertiary/aromatic N) is 2. The van der Waals surface area contributed by atoms with E-state index in [-0.39, 0.29) is 66.9 Å². The van der Waals surface area contributed by atoms with Gasteiger partial charge in [-0.2, -0.15) is 16.8 Å². The number of hydrogen-bond donors (Lipinski definition) is 6. The van der Waals surface area contributed by atoms with E-state index >= 15 is 0 Å². The van der Waals surface area contributed by atoms with Crippen LogP contribution in [0.4, 0.5) is 38.9 Å². The molecule has 4 heterocycles. The molecule has 2 amide bonds. The number of aromatic hydroxyl groups is 2. The molecule has 0 aromatic heterocycles. The number of anilines is 6. The van der Waals surface area contributed by atoms with E-state index in [0.29, 0.717) is 8.61 Å². The third kappa shape index (κ3) is 5.58. The molecule has 6 aromatic rings. The van der Waals surface area contributed by atoms with E-state index in [0.717, 1.165) is 12.1 Å². The minimum Gasteiger partial charge on any atom is -0.508 e. The lowest BCUT2D eigenvalue weighted by molar-refractivity contribution is 0.262. The van der Waals surface area contributed by atoms with E-state index in [1.807, 2.05) is 0 Å². The van der Waals surface area contributed by atoms with Crippen LogP contribution in [-0.4, -0.2) is 59.0 Å². The summed E-state index contributed by atoms with van der Waals surface area (Å²) in [5.74, 6) is -0.383. The largest absolute Gasteiger partial charge is 0.508 e. The lowest BCUT2D eigenvalue weighted by Crippen LogP contribution is -2.36. The van der Waals surface area contributed by atoms with Crippen LogP contribution in [-0.2, 0) is 40.3 Å². The van der Waals surface area contributed by atoms with Crippen molar-refractivity contribution in [2.45, 2.75) is 33.4 Å². The summed E-state index contributed by atoms with van der Waals surface area (Å²) >= 11 is 0. The lowest BCUT2D eigenvalue weighted by atomic mass is 10.1. The van der Waals surface area contributed by atoms with Gasteiger partial charge in [0, 0.05) is 0 Å². The van der Waals surface area contributed by atoms with Crippen molar-refractivity contribution >= 4 is 102 Å². The first-order chi connectivity index (χ1) is 26.1. The van der Waals surface area contributed by atoms with Gasteiger partial charge in [-0.1, -0.05) is 12.1 Å². The number of amides is 2. The average Bonchev–Trinajstić information content (AvgIpc) is 3.09. The summed E-state index contributed by atoms with van der Waals surface area (Å²) in [5, 5.41) is 26.0. The van der Waals surface area contributed by atoms with Crippen LogP contribution in [0.15, 0.2) is 105 Å².